The number of carbonyl (C=O) groups is 2. The Morgan fingerprint density at radius 1 is 1.30 bits per heavy atom. The molecule has 0 bridgehead atoms. The van der Waals surface area contributed by atoms with Crippen molar-refractivity contribution in [1.29, 1.82) is 0 Å². The fourth-order valence-corrected chi connectivity index (χ4v) is 3.52. The molecule has 2 aromatic rings. The number of halogens is 1. The minimum Gasteiger partial charge on any atom is -0.507 e. The highest BCUT2D eigenvalue weighted by Crippen LogP contribution is 2.39. The van der Waals surface area contributed by atoms with Gasteiger partial charge < -0.3 is 10.0 Å². The second-order valence-corrected chi connectivity index (χ2v) is 7.45. The first-order valence-corrected chi connectivity index (χ1v) is 9.69. The molecule has 0 radical (unpaired) electrons. The van der Waals surface area contributed by atoms with Gasteiger partial charge in [0.05, 0.1) is 11.6 Å². The molecular formula is C21H21BrN2O3. The molecule has 1 amide bonds. The van der Waals surface area contributed by atoms with Crippen molar-refractivity contribution in [1.82, 2.24) is 9.88 Å². The number of aromatic nitrogens is 1. The molecule has 2 heterocycles. The number of benzene rings is 1. The number of ketones is 1. The van der Waals surface area contributed by atoms with Crippen molar-refractivity contribution in [2.45, 2.75) is 32.7 Å². The molecule has 1 N–H and O–H groups in total. The van der Waals surface area contributed by atoms with Crippen LogP contribution in [0.1, 0.15) is 42.5 Å². The number of rotatable bonds is 5. The molecule has 0 saturated carbocycles. The highest BCUT2D eigenvalue weighted by molar-refractivity contribution is 9.10. The predicted octanol–water partition coefficient (Wildman–Crippen LogP) is 4.37. The van der Waals surface area contributed by atoms with Crippen LogP contribution in [0.5, 0.6) is 0 Å². The summed E-state index contributed by atoms with van der Waals surface area (Å²) in [6.07, 6.45) is 4.95. The summed E-state index contributed by atoms with van der Waals surface area (Å²) in [5.74, 6) is -1.39. The molecule has 1 unspecified atom stereocenters. The fourth-order valence-electron chi connectivity index (χ4n) is 3.27. The maximum atomic E-state index is 12.8. The van der Waals surface area contributed by atoms with E-state index in [0.29, 0.717) is 17.7 Å². The maximum Gasteiger partial charge on any atom is 0.295 e. The number of unbranched alkanes of at least 4 members (excludes halogenated alkanes) is 1. The number of hydrogen-bond acceptors (Lipinski definition) is 4. The van der Waals surface area contributed by atoms with E-state index in [1.165, 1.54) is 0 Å². The standard InChI is InChI=1S/C21H21BrN2O3/c1-3-4-10-24-18(15-6-5-9-23-12-15)17(20(26)21(24)27)19(25)14-7-8-16(22)13(2)11-14/h5-9,11-12,18,25H,3-4,10H2,1-2H3/b19-17-. The fraction of sp³-hybridized carbons (Fsp3) is 0.286. The third-order valence-corrected chi connectivity index (χ3v) is 5.61. The van der Waals surface area contributed by atoms with Crippen molar-refractivity contribution in [2.24, 2.45) is 0 Å². The van der Waals surface area contributed by atoms with Crippen LogP contribution in [0.2, 0.25) is 0 Å². The Labute approximate surface area is 166 Å². The number of likely N-dealkylation sites (tertiary alicyclic amines) is 1. The monoisotopic (exact) mass is 428 g/mol. The predicted molar refractivity (Wildman–Crippen MR) is 107 cm³/mol. The zero-order chi connectivity index (χ0) is 19.6. The zero-order valence-corrected chi connectivity index (χ0v) is 16.9. The number of aryl methyl sites for hydroxylation is 1. The summed E-state index contributed by atoms with van der Waals surface area (Å²) in [6.45, 7) is 4.39. The highest BCUT2D eigenvalue weighted by atomic mass is 79.9. The van der Waals surface area contributed by atoms with Crippen molar-refractivity contribution in [3.63, 3.8) is 0 Å². The van der Waals surface area contributed by atoms with Crippen LogP contribution < -0.4 is 0 Å². The normalized spacial score (nSPS) is 18.9. The third kappa shape index (κ3) is 3.67. The van der Waals surface area contributed by atoms with Gasteiger partial charge in [0.1, 0.15) is 5.76 Å². The zero-order valence-electron chi connectivity index (χ0n) is 15.3. The van der Waals surface area contributed by atoms with Crippen LogP contribution in [-0.2, 0) is 9.59 Å². The number of aliphatic hydroxyl groups excluding tert-OH is 1. The molecule has 1 saturated heterocycles. The molecule has 140 valence electrons. The summed E-state index contributed by atoms with van der Waals surface area (Å²) in [5.41, 5.74) is 2.27. The minimum absolute atomic E-state index is 0.117. The molecular weight excluding hydrogens is 408 g/mol. The van der Waals surface area contributed by atoms with E-state index in [4.69, 9.17) is 0 Å². The van der Waals surface area contributed by atoms with Crippen LogP contribution in [0.3, 0.4) is 0 Å². The van der Waals surface area contributed by atoms with E-state index < -0.39 is 17.7 Å². The Kier molecular flexibility index (Phi) is 5.75. The quantitative estimate of drug-likeness (QED) is 0.435. The molecule has 1 atom stereocenters. The summed E-state index contributed by atoms with van der Waals surface area (Å²) in [6, 6.07) is 8.29. The lowest BCUT2D eigenvalue weighted by atomic mass is 9.96. The van der Waals surface area contributed by atoms with Crippen molar-refractivity contribution in [3.05, 3.63) is 69.5 Å². The molecule has 0 spiro atoms. The lowest BCUT2D eigenvalue weighted by Crippen LogP contribution is -2.30. The Bertz CT molecular complexity index is 909. The summed E-state index contributed by atoms with van der Waals surface area (Å²) in [4.78, 5) is 31.1. The SMILES string of the molecule is CCCCN1C(=O)C(=O)/C(=C(\O)c2ccc(Br)c(C)c2)C1c1cccnc1. The highest BCUT2D eigenvalue weighted by Gasteiger charge is 2.45. The Morgan fingerprint density at radius 2 is 2.07 bits per heavy atom. The number of Topliss-reactive ketones (excluding diaryl/α,β-unsaturated/α-hetero) is 1. The van der Waals surface area contributed by atoms with E-state index in [1.54, 1.807) is 35.5 Å². The molecule has 6 heteroatoms. The summed E-state index contributed by atoms with van der Waals surface area (Å²) in [5, 5.41) is 10.9. The van der Waals surface area contributed by atoms with Crippen molar-refractivity contribution in [3.8, 4) is 0 Å². The molecule has 1 aliphatic rings. The van der Waals surface area contributed by atoms with Gasteiger partial charge in [-0.2, -0.15) is 0 Å². The average Bonchev–Trinajstić information content (AvgIpc) is 2.93. The van der Waals surface area contributed by atoms with Crippen LogP contribution in [0.4, 0.5) is 0 Å². The Hall–Kier alpha value is -2.47. The van der Waals surface area contributed by atoms with Gasteiger partial charge in [0, 0.05) is 29.0 Å². The molecule has 1 aromatic heterocycles. The van der Waals surface area contributed by atoms with E-state index in [0.717, 1.165) is 22.9 Å². The first kappa shape index (κ1) is 19.3. The van der Waals surface area contributed by atoms with Gasteiger partial charge in [-0.3, -0.25) is 14.6 Å². The van der Waals surface area contributed by atoms with E-state index in [2.05, 4.69) is 20.9 Å². The van der Waals surface area contributed by atoms with Gasteiger partial charge in [-0.25, -0.2) is 0 Å². The van der Waals surface area contributed by atoms with Gasteiger partial charge in [0.15, 0.2) is 0 Å². The Balaban J connectivity index is 2.16. The maximum absolute atomic E-state index is 12.8. The first-order valence-electron chi connectivity index (χ1n) is 8.90. The molecule has 27 heavy (non-hydrogen) atoms. The molecule has 1 aromatic carbocycles. The molecule has 5 nitrogen and oxygen atoms in total. The van der Waals surface area contributed by atoms with Crippen LogP contribution in [-0.4, -0.2) is 33.2 Å². The Morgan fingerprint density at radius 3 is 2.70 bits per heavy atom. The van der Waals surface area contributed by atoms with Crippen molar-refractivity contribution in [2.75, 3.05) is 6.54 Å². The van der Waals surface area contributed by atoms with Crippen LogP contribution in [0.15, 0.2) is 52.8 Å². The minimum atomic E-state index is -0.655. The number of aliphatic hydroxyl groups is 1. The van der Waals surface area contributed by atoms with Crippen LogP contribution in [0, 0.1) is 6.92 Å². The summed E-state index contributed by atoms with van der Waals surface area (Å²) >= 11 is 3.43. The van der Waals surface area contributed by atoms with Gasteiger partial charge in [-0.05, 0) is 42.7 Å². The molecule has 0 aliphatic carbocycles. The van der Waals surface area contributed by atoms with E-state index in [1.807, 2.05) is 26.0 Å². The molecule has 3 rings (SSSR count). The lowest BCUT2D eigenvalue weighted by molar-refractivity contribution is -0.139. The van der Waals surface area contributed by atoms with Crippen molar-refractivity contribution < 1.29 is 14.7 Å². The topological polar surface area (TPSA) is 70.5 Å². The van der Waals surface area contributed by atoms with E-state index in [-0.39, 0.29) is 11.3 Å². The van der Waals surface area contributed by atoms with Gasteiger partial charge in [0.2, 0.25) is 0 Å². The average molecular weight is 429 g/mol. The lowest BCUT2D eigenvalue weighted by Gasteiger charge is -2.24. The summed E-state index contributed by atoms with van der Waals surface area (Å²) in [7, 11) is 0. The van der Waals surface area contributed by atoms with Gasteiger partial charge in [0.25, 0.3) is 11.7 Å². The number of nitrogens with zero attached hydrogens (tertiary/aromatic N) is 2. The number of amides is 1. The first-order chi connectivity index (χ1) is 13.0. The number of pyridine rings is 1. The second-order valence-electron chi connectivity index (χ2n) is 6.60. The third-order valence-electron chi connectivity index (χ3n) is 4.72. The number of hydrogen-bond donors (Lipinski definition) is 1. The van der Waals surface area contributed by atoms with Crippen LogP contribution >= 0.6 is 15.9 Å². The largest absolute Gasteiger partial charge is 0.507 e. The van der Waals surface area contributed by atoms with Crippen LogP contribution in [0.25, 0.3) is 5.76 Å². The molecule has 1 aliphatic heterocycles. The smallest absolute Gasteiger partial charge is 0.295 e. The summed E-state index contributed by atoms with van der Waals surface area (Å²) < 4.78 is 0.909. The second kappa shape index (κ2) is 8.05. The van der Waals surface area contributed by atoms with Crippen molar-refractivity contribution >= 4 is 33.4 Å². The van der Waals surface area contributed by atoms with E-state index in [9.17, 15) is 14.7 Å². The van der Waals surface area contributed by atoms with Gasteiger partial charge in [-0.15, -0.1) is 0 Å². The molecule has 1 fully saturated rings. The van der Waals surface area contributed by atoms with Gasteiger partial charge >= 0.3 is 0 Å². The van der Waals surface area contributed by atoms with Gasteiger partial charge in [-0.1, -0.05) is 41.4 Å². The number of carbonyl (C=O) groups excluding carboxylic acids is 2. The van der Waals surface area contributed by atoms with E-state index >= 15 is 0 Å².